The van der Waals surface area contributed by atoms with Crippen molar-refractivity contribution in [2.24, 2.45) is 0 Å². The zero-order valence-electron chi connectivity index (χ0n) is 23.9. The molecule has 11 heteroatoms. The van der Waals surface area contributed by atoms with Crippen molar-refractivity contribution in [3.05, 3.63) is 87.4 Å². The molecular weight excluding hydrogens is 630 g/mol. The van der Waals surface area contributed by atoms with Crippen LogP contribution in [0.5, 0.6) is 5.75 Å². The van der Waals surface area contributed by atoms with Crippen LogP contribution in [0.1, 0.15) is 38.8 Å². The second kappa shape index (κ2) is 13.3. The lowest BCUT2D eigenvalue weighted by atomic mass is 10.1. The van der Waals surface area contributed by atoms with Gasteiger partial charge in [0.15, 0.2) is 0 Å². The van der Waals surface area contributed by atoms with E-state index in [0.717, 1.165) is 19.9 Å². The molecule has 8 nitrogen and oxygen atoms in total. The quantitative estimate of drug-likeness (QED) is 0.289. The van der Waals surface area contributed by atoms with Gasteiger partial charge in [-0.3, -0.25) is 13.9 Å². The van der Waals surface area contributed by atoms with Crippen LogP contribution < -0.4 is 14.4 Å². The van der Waals surface area contributed by atoms with Gasteiger partial charge < -0.3 is 15.0 Å². The number of aryl methyl sites for hydroxylation is 1. The molecule has 0 fully saturated rings. The fourth-order valence-electron chi connectivity index (χ4n) is 4.05. The lowest BCUT2D eigenvalue weighted by Crippen LogP contribution is -2.54. The Labute approximate surface area is 255 Å². The highest BCUT2D eigenvalue weighted by Gasteiger charge is 2.34. The van der Waals surface area contributed by atoms with E-state index in [0.29, 0.717) is 0 Å². The lowest BCUT2D eigenvalue weighted by Gasteiger charge is -2.33. The number of benzene rings is 3. The molecule has 0 aliphatic rings. The van der Waals surface area contributed by atoms with E-state index in [2.05, 4.69) is 21.2 Å². The number of nitrogens with one attached hydrogen (secondary N) is 1. The van der Waals surface area contributed by atoms with Gasteiger partial charge >= 0.3 is 0 Å². The minimum absolute atomic E-state index is 0.00378. The van der Waals surface area contributed by atoms with Crippen LogP contribution in [0.4, 0.5) is 5.69 Å². The molecule has 2 amide bonds. The second-order valence-corrected chi connectivity index (χ2v) is 13.9. The molecule has 0 radical (unpaired) electrons. The third-order valence-electron chi connectivity index (χ3n) is 6.23. The number of methoxy groups -OCH3 is 1. The smallest absolute Gasteiger partial charge is 0.264 e. The van der Waals surface area contributed by atoms with Gasteiger partial charge in [-0.15, -0.1) is 0 Å². The first-order valence-electron chi connectivity index (χ1n) is 12.9. The van der Waals surface area contributed by atoms with Gasteiger partial charge in [0.05, 0.1) is 17.7 Å². The van der Waals surface area contributed by atoms with Crippen LogP contribution in [0.15, 0.2) is 76.1 Å². The first-order valence-corrected chi connectivity index (χ1v) is 15.5. The molecule has 220 valence electrons. The average Bonchev–Trinajstić information content (AvgIpc) is 2.90. The van der Waals surface area contributed by atoms with Crippen molar-refractivity contribution in [3.63, 3.8) is 0 Å². The fraction of sp³-hybridized carbons (Fsp3) is 0.333. The van der Waals surface area contributed by atoms with E-state index in [1.807, 2.05) is 52.0 Å². The molecule has 3 rings (SSSR count). The van der Waals surface area contributed by atoms with Gasteiger partial charge in [0.25, 0.3) is 10.0 Å². The summed E-state index contributed by atoms with van der Waals surface area (Å²) in [7, 11) is -2.85. The minimum Gasteiger partial charge on any atom is -0.495 e. The van der Waals surface area contributed by atoms with Crippen LogP contribution in [0.2, 0.25) is 5.02 Å². The Kier molecular flexibility index (Phi) is 10.5. The molecule has 0 bridgehead atoms. The molecule has 1 unspecified atom stereocenters. The summed E-state index contributed by atoms with van der Waals surface area (Å²) in [5, 5.41) is 3.18. The Hall–Kier alpha value is -3.08. The second-order valence-electron chi connectivity index (χ2n) is 10.7. The van der Waals surface area contributed by atoms with Crippen molar-refractivity contribution < 1.29 is 22.7 Å². The van der Waals surface area contributed by atoms with Crippen LogP contribution in [-0.4, -0.2) is 50.4 Å². The van der Waals surface area contributed by atoms with E-state index in [9.17, 15) is 18.0 Å². The molecule has 0 aliphatic heterocycles. The van der Waals surface area contributed by atoms with Gasteiger partial charge in [-0.2, -0.15) is 0 Å². The SMILES string of the molecule is COc1ccc(Cl)cc1N(CC(=O)N(Cc1ccc(Br)cc1)C(C)C(=O)NC(C)(C)C)S(=O)(=O)c1ccc(C)cc1. The molecule has 41 heavy (non-hydrogen) atoms. The molecule has 1 atom stereocenters. The highest BCUT2D eigenvalue weighted by atomic mass is 79.9. The van der Waals surface area contributed by atoms with E-state index in [1.165, 1.54) is 30.2 Å². The van der Waals surface area contributed by atoms with Crippen LogP contribution in [0.3, 0.4) is 0 Å². The molecule has 3 aromatic rings. The number of hydrogen-bond donors (Lipinski definition) is 1. The van der Waals surface area contributed by atoms with Gasteiger partial charge in [0.1, 0.15) is 18.3 Å². The topological polar surface area (TPSA) is 96.0 Å². The van der Waals surface area contributed by atoms with Gasteiger partial charge in [0.2, 0.25) is 11.8 Å². The van der Waals surface area contributed by atoms with Crippen LogP contribution in [-0.2, 0) is 26.2 Å². The normalized spacial score (nSPS) is 12.4. The summed E-state index contributed by atoms with van der Waals surface area (Å²) in [6.45, 7) is 8.49. The van der Waals surface area contributed by atoms with Crippen molar-refractivity contribution in [3.8, 4) is 5.75 Å². The standard InChI is InChI=1S/C30H35BrClN3O5S/c1-20-7-14-25(15-8-20)41(38,39)35(26-17-24(32)13-16-27(26)40-6)19-28(36)34(18-22-9-11-23(31)12-10-22)21(2)29(37)33-30(3,4)5/h7-17,21H,18-19H2,1-6H3,(H,33,37). The summed E-state index contributed by atoms with van der Waals surface area (Å²) in [5.41, 5.74) is 1.22. The molecular formula is C30H35BrClN3O5S. The summed E-state index contributed by atoms with van der Waals surface area (Å²) in [4.78, 5) is 28.7. The zero-order valence-corrected chi connectivity index (χ0v) is 27.1. The first-order chi connectivity index (χ1) is 19.1. The van der Waals surface area contributed by atoms with E-state index < -0.39 is 34.1 Å². The number of ether oxygens (including phenoxy) is 1. The lowest BCUT2D eigenvalue weighted by molar-refractivity contribution is -0.140. The maximum absolute atomic E-state index is 14.1. The van der Waals surface area contributed by atoms with Gasteiger partial charge in [-0.05, 0) is 82.6 Å². The molecule has 0 aromatic heterocycles. The highest BCUT2D eigenvalue weighted by molar-refractivity contribution is 9.10. The molecule has 0 saturated carbocycles. The van der Waals surface area contributed by atoms with Crippen molar-refractivity contribution >= 4 is 55.1 Å². The Morgan fingerprint density at radius 2 is 1.63 bits per heavy atom. The number of hydrogen-bond acceptors (Lipinski definition) is 5. The third kappa shape index (κ3) is 8.47. The number of carbonyl (C=O) groups excluding carboxylic acids is 2. The summed E-state index contributed by atoms with van der Waals surface area (Å²) < 4.78 is 35.4. The van der Waals surface area contributed by atoms with E-state index >= 15 is 0 Å². The number of halogens is 2. The van der Waals surface area contributed by atoms with E-state index in [1.54, 1.807) is 31.2 Å². The highest BCUT2D eigenvalue weighted by Crippen LogP contribution is 2.35. The van der Waals surface area contributed by atoms with E-state index in [-0.39, 0.29) is 33.8 Å². The minimum atomic E-state index is -4.26. The van der Waals surface area contributed by atoms with Crippen molar-refractivity contribution in [1.82, 2.24) is 10.2 Å². The molecule has 0 spiro atoms. The van der Waals surface area contributed by atoms with Gasteiger partial charge in [0, 0.05) is 21.6 Å². The largest absolute Gasteiger partial charge is 0.495 e. The Morgan fingerprint density at radius 1 is 1.02 bits per heavy atom. The molecule has 0 heterocycles. The fourth-order valence-corrected chi connectivity index (χ4v) is 5.90. The molecule has 0 aliphatic carbocycles. The summed E-state index contributed by atoms with van der Waals surface area (Å²) in [6, 6.07) is 17.3. The predicted molar refractivity (Wildman–Crippen MR) is 166 cm³/mol. The number of rotatable bonds is 10. The summed E-state index contributed by atoms with van der Waals surface area (Å²) in [6.07, 6.45) is 0. The maximum Gasteiger partial charge on any atom is 0.264 e. The Morgan fingerprint density at radius 3 is 2.20 bits per heavy atom. The monoisotopic (exact) mass is 663 g/mol. The number of carbonyl (C=O) groups is 2. The van der Waals surface area contributed by atoms with E-state index in [4.69, 9.17) is 16.3 Å². The van der Waals surface area contributed by atoms with Crippen LogP contribution >= 0.6 is 27.5 Å². The maximum atomic E-state index is 14.1. The first kappa shape index (κ1) is 32.4. The number of amides is 2. The number of anilines is 1. The average molecular weight is 665 g/mol. The van der Waals surface area contributed by atoms with Crippen LogP contribution in [0, 0.1) is 6.92 Å². The third-order valence-corrected chi connectivity index (χ3v) is 8.77. The van der Waals surface area contributed by atoms with Gasteiger partial charge in [-0.1, -0.05) is 57.4 Å². The number of sulfonamides is 1. The van der Waals surface area contributed by atoms with Crippen molar-refractivity contribution in [1.29, 1.82) is 0 Å². The van der Waals surface area contributed by atoms with Crippen molar-refractivity contribution in [2.45, 2.75) is 57.6 Å². The Bertz CT molecular complexity index is 1490. The molecule has 1 N–H and O–H groups in total. The predicted octanol–water partition coefficient (Wildman–Crippen LogP) is 5.95. The summed E-state index contributed by atoms with van der Waals surface area (Å²) >= 11 is 9.69. The molecule has 0 saturated heterocycles. The van der Waals surface area contributed by atoms with Crippen molar-refractivity contribution in [2.75, 3.05) is 18.0 Å². The Balaban J connectivity index is 2.10. The van der Waals surface area contributed by atoms with Crippen LogP contribution in [0.25, 0.3) is 0 Å². The summed E-state index contributed by atoms with van der Waals surface area (Å²) in [5.74, 6) is -0.727. The van der Waals surface area contributed by atoms with Gasteiger partial charge in [-0.25, -0.2) is 8.42 Å². The number of nitrogens with zero attached hydrogens (tertiary/aromatic N) is 2. The molecule has 3 aromatic carbocycles. The zero-order chi connectivity index (χ0) is 30.5.